The third kappa shape index (κ3) is 2.87. The maximum Gasteiger partial charge on any atom is 0.335 e. The molecule has 0 aliphatic heterocycles. The number of rotatable bonds is 3. The fourth-order valence-corrected chi connectivity index (χ4v) is 1.95. The molecule has 0 saturated carbocycles. The normalized spacial score (nSPS) is 9.85. The number of halogens is 1. The van der Waals surface area contributed by atoms with Crippen molar-refractivity contribution >= 4 is 29.1 Å². The first-order valence-electron chi connectivity index (χ1n) is 5.69. The predicted molar refractivity (Wildman–Crippen MR) is 75.4 cm³/mol. The van der Waals surface area contributed by atoms with Crippen LogP contribution in [0.1, 0.15) is 21.5 Å². The smallest absolute Gasteiger partial charge is 0.335 e. The minimum Gasteiger partial charge on any atom is -0.478 e. The average Bonchev–Trinajstić information content (AvgIpc) is 2.38. The van der Waals surface area contributed by atoms with Gasteiger partial charge in [0, 0.05) is 0 Å². The van der Waals surface area contributed by atoms with Crippen LogP contribution in [0.25, 0.3) is 0 Å². The van der Waals surface area contributed by atoms with Crippen LogP contribution in [0.5, 0.6) is 0 Å². The number of hydrogen-bond donors (Lipinski definition) is 2. The molecule has 2 N–H and O–H groups in total. The van der Waals surface area contributed by atoms with Gasteiger partial charge in [-0.2, -0.15) is 5.26 Å². The molecule has 6 heteroatoms. The molecule has 20 heavy (non-hydrogen) atoms. The van der Waals surface area contributed by atoms with Crippen LogP contribution in [-0.2, 0) is 0 Å². The summed E-state index contributed by atoms with van der Waals surface area (Å²) in [7, 11) is 0. The maximum atomic E-state index is 11.0. The third-order valence-corrected chi connectivity index (χ3v) is 2.88. The lowest BCUT2D eigenvalue weighted by Crippen LogP contribution is -2.02. The molecule has 1 aromatic heterocycles. The van der Waals surface area contributed by atoms with E-state index in [0.29, 0.717) is 11.3 Å². The number of aromatic nitrogens is 1. The molecule has 0 fully saturated rings. The highest BCUT2D eigenvalue weighted by Crippen LogP contribution is 2.23. The van der Waals surface area contributed by atoms with E-state index in [4.69, 9.17) is 22.0 Å². The van der Waals surface area contributed by atoms with Gasteiger partial charge in [-0.05, 0) is 30.7 Å². The van der Waals surface area contributed by atoms with E-state index < -0.39 is 5.97 Å². The first kappa shape index (κ1) is 13.8. The summed E-state index contributed by atoms with van der Waals surface area (Å²) in [6.45, 7) is 1.82. The largest absolute Gasteiger partial charge is 0.478 e. The van der Waals surface area contributed by atoms with Crippen molar-refractivity contribution in [1.82, 2.24) is 4.98 Å². The summed E-state index contributed by atoms with van der Waals surface area (Å²) in [5, 5.41) is 21.1. The fourth-order valence-electron chi connectivity index (χ4n) is 1.74. The number of aromatic carboxylic acids is 1. The Bertz CT molecular complexity index is 723. The van der Waals surface area contributed by atoms with Crippen LogP contribution in [0.15, 0.2) is 30.3 Å². The number of aryl methyl sites for hydroxylation is 1. The van der Waals surface area contributed by atoms with Gasteiger partial charge in [0.05, 0.1) is 16.8 Å². The number of nitriles is 1. The highest BCUT2D eigenvalue weighted by Gasteiger charge is 2.10. The van der Waals surface area contributed by atoms with Crippen molar-refractivity contribution in [3.8, 4) is 6.07 Å². The van der Waals surface area contributed by atoms with Gasteiger partial charge in [0.15, 0.2) is 0 Å². The zero-order valence-corrected chi connectivity index (χ0v) is 11.3. The number of carbonyl (C=O) groups is 1. The molecule has 2 aromatic rings. The summed E-state index contributed by atoms with van der Waals surface area (Å²) in [5.74, 6) is -0.820. The van der Waals surface area contributed by atoms with Gasteiger partial charge in [0.25, 0.3) is 0 Å². The molecule has 0 unspecified atom stereocenters. The highest BCUT2D eigenvalue weighted by molar-refractivity contribution is 6.29. The summed E-state index contributed by atoms with van der Waals surface area (Å²) in [6, 6.07) is 10.0. The molecule has 0 aliphatic carbocycles. The lowest BCUT2D eigenvalue weighted by molar-refractivity contribution is 0.0697. The Kier molecular flexibility index (Phi) is 3.87. The van der Waals surface area contributed by atoms with E-state index in [9.17, 15) is 4.79 Å². The van der Waals surface area contributed by atoms with Gasteiger partial charge in [0.2, 0.25) is 0 Å². The minimum atomic E-state index is -1.10. The SMILES string of the molecule is Cc1cccc(Nc2cc(C(=O)O)cc(Cl)n2)c1C#N. The summed E-state index contributed by atoms with van der Waals surface area (Å²) >= 11 is 5.79. The molecule has 0 spiro atoms. The molecule has 0 saturated heterocycles. The number of anilines is 2. The predicted octanol–water partition coefficient (Wildman–Crippen LogP) is 3.36. The minimum absolute atomic E-state index is 0.0265. The lowest BCUT2D eigenvalue weighted by atomic mass is 10.1. The van der Waals surface area contributed by atoms with E-state index in [2.05, 4.69) is 16.4 Å². The second-order valence-corrected chi connectivity index (χ2v) is 4.49. The van der Waals surface area contributed by atoms with Gasteiger partial charge >= 0.3 is 5.97 Å². The number of benzene rings is 1. The molecule has 0 bridgehead atoms. The molecular weight excluding hydrogens is 278 g/mol. The van der Waals surface area contributed by atoms with Gasteiger partial charge in [-0.1, -0.05) is 23.7 Å². The number of hydrogen-bond acceptors (Lipinski definition) is 4. The zero-order chi connectivity index (χ0) is 14.7. The van der Waals surface area contributed by atoms with Crippen LogP contribution in [0, 0.1) is 18.3 Å². The second-order valence-electron chi connectivity index (χ2n) is 4.10. The first-order valence-corrected chi connectivity index (χ1v) is 6.06. The molecule has 1 heterocycles. The summed E-state index contributed by atoms with van der Waals surface area (Å²) in [6.07, 6.45) is 0. The lowest BCUT2D eigenvalue weighted by Gasteiger charge is -2.10. The number of nitrogens with zero attached hydrogens (tertiary/aromatic N) is 2. The summed E-state index contributed by atoms with van der Waals surface area (Å²) in [5.41, 5.74) is 1.88. The van der Waals surface area contributed by atoms with Crippen molar-refractivity contribution in [2.75, 3.05) is 5.32 Å². The fraction of sp³-hybridized carbons (Fsp3) is 0.0714. The number of carboxylic acid groups (broad SMARTS) is 1. The molecule has 0 amide bonds. The molecule has 0 radical (unpaired) electrons. The molecule has 0 atom stereocenters. The van der Waals surface area contributed by atoms with E-state index >= 15 is 0 Å². The van der Waals surface area contributed by atoms with Crippen LogP contribution in [0.3, 0.4) is 0 Å². The van der Waals surface area contributed by atoms with E-state index in [1.807, 2.05) is 13.0 Å². The highest BCUT2D eigenvalue weighted by atomic mass is 35.5. The van der Waals surface area contributed by atoms with Crippen LogP contribution < -0.4 is 5.32 Å². The van der Waals surface area contributed by atoms with Crippen molar-refractivity contribution in [2.24, 2.45) is 0 Å². The topological polar surface area (TPSA) is 86.0 Å². The van der Waals surface area contributed by atoms with E-state index in [0.717, 1.165) is 5.56 Å². The molecule has 1 aromatic carbocycles. The van der Waals surface area contributed by atoms with Crippen LogP contribution in [-0.4, -0.2) is 16.1 Å². The number of pyridine rings is 1. The average molecular weight is 288 g/mol. The standard InChI is InChI=1S/C14H10ClN3O2/c1-8-3-2-4-11(10(8)7-16)17-13-6-9(14(19)20)5-12(15)18-13/h2-6H,1H3,(H,17,18)(H,19,20). The Morgan fingerprint density at radius 3 is 2.85 bits per heavy atom. The van der Waals surface area contributed by atoms with Crippen molar-refractivity contribution in [2.45, 2.75) is 6.92 Å². The van der Waals surface area contributed by atoms with E-state index in [-0.39, 0.29) is 16.5 Å². The Balaban J connectivity index is 2.43. The molecule has 100 valence electrons. The van der Waals surface area contributed by atoms with Crippen LogP contribution in [0.2, 0.25) is 5.15 Å². The Morgan fingerprint density at radius 2 is 2.20 bits per heavy atom. The maximum absolute atomic E-state index is 11.0. The van der Waals surface area contributed by atoms with Crippen molar-refractivity contribution < 1.29 is 9.90 Å². The molecule has 0 aliphatic rings. The zero-order valence-electron chi connectivity index (χ0n) is 10.5. The monoisotopic (exact) mass is 287 g/mol. The first-order chi connectivity index (χ1) is 9.51. The number of carboxylic acids is 1. The van der Waals surface area contributed by atoms with Gasteiger partial charge in [-0.3, -0.25) is 0 Å². The summed E-state index contributed by atoms with van der Waals surface area (Å²) in [4.78, 5) is 15.0. The number of nitrogens with one attached hydrogen (secondary N) is 1. The van der Waals surface area contributed by atoms with Gasteiger partial charge in [-0.15, -0.1) is 0 Å². The van der Waals surface area contributed by atoms with Gasteiger partial charge < -0.3 is 10.4 Å². The van der Waals surface area contributed by atoms with Crippen molar-refractivity contribution in [1.29, 1.82) is 5.26 Å². The van der Waals surface area contributed by atoms with Crippen molar-refractivity contribution in [3.05, 3.63) is 52.2 Å². The Hall–Kier alpha value is -2.58. The quantitative estimate of drug-likeness (QED) is 0.845. The Morgan fingerprint density at radius 1 is 1.45 bits per heavy atom. The molecular formula is C14H10ClN3O2. The van der Waals surface area contributed by atoms with Gasteiger partial charge in [0.1, 0.15) is 17.0 Å². The second kappa shape index (κ2) is 5.59. The van der Waals surface area contributed by atoms with Crippen LogP contribution in [0.4, 0.5) is 11.5 Å². The van der Waals surface area contributed by atoms with Gasteiger partial charge in [-0.25, -0.2) is 9.78 Å². The Labute approximate surface area is 120 Å². The molecule has 2 rings (SSSR count). The van der Waals surface area contributed by atoms with E-state index in [1.165, 1.54) is 12.1 Å². The third-order valence-electron chi connectivity index (χ3n) is 2.69. The van der Waals surface area contributed by atoms with E-state index in [1.54, 1.807) is 12.1 Å². The van der Waals surface area contributed by atoms with Crippen molar-refractivity contribution in [3.63, 3.8) is 0 Å². The summed E-state index contributed by atoms with van der Waals surface area (Å²) < 4.78 is 0. The van der Waals surface area contributed by atoms with Crippen LogP contribution >= 0.6 is 11.6 Å². The molecule has 5 nitrogen and oxygen atoms in total.